The van der Waals surface area contributed by atoms with Crippen molar-refractivity contribution in [3.05, 3.63) is 0 Å². The first-order valence-electron chi connectivity index (χ1n) is 14.8. The Hall–Kier alpha value is -1.30. The third-order valence-electron chi connectivity index (χ3n) is 8.48. The quantitative estimate of drug-likeness (QED) is 0.366. The van der Waals surface area contributed by atoms with E-state index in [-0.39, 0.29) is 11.8 Å². The van der Waals surface area contributed by atoms with Crippen LogP contribution in [0.5, 0.6) is 0 Å². The molecule has 37 heavy (non-hydrogen) atoms. The van der Waals surface area contributed by atoms with Crippen LogP contribution in [0.25, 0.3) is 0 Å². The van der Waals surface area contributed by atoms with Crippen LogP contribution < -0.4 is 16.4 Å². The van der Waals surface area contributed by atoms with Crippen molar-refractivity contribution >= 4 is 11.8 Å². The summed E-state index contributed by atoms with van der Waals surface area (Å²) in [5, 5.41) is 6.09. The van der Waals surface area contributed by atoms with Crippen LogP contribution in [-0.2, 0) is 9.59 Å². The molecule has 0 saturated carbocycles. The van der Waals surface area contributed by atoms with Crippen LogP contribution in [0.1, 0.15) is 39.0 Å². The maximum absolute atomic E-state index is 11.3. The Kier molecular flexibility index (Phi) is 13.6. The second-order valence-electron chi connectivity index (χ2n) is 11.3. The van der Waals surface area contributed by atoms with E-state index in [0.717, 1.165) is 45.2 Å². The Morgan fingerprint density at radius 2 is 1.38 bits per heavy atom. The lowest BCUT2D eigenvalue weighted by Crippen LogP contribution is -2.53. The number of nitrogens with one attached hydrogen (secondary N) is 2. The van der Waals surface area contributed by atoms with Crippen LogP contribution in [0.3, 0.4) is 0 Å². The SMILES string of the molecule is CCCN1CCN(C2CCN(CC(N)=O)CC2)CC1.CNC(=O)CN1CCC(CN2CCNCC2)CC1. The number of likely N-dealkylation sites (N-methyl/N-ethyl adjacent to an activating group) is 1. The van der Waals surface area contributed by atoms with Gasteiger partial charge in [0.2, 0.25) is 11.8 Å². The maximum Gasteiger partial charge on any atom is 0.233 e. The highest BCUT2D eigenvalue weighted by atomic mass is 16.2. The molecule has 4 aliphatic rings. The zero-order chi connectivity index (χ0) is 26.5. The number of nitrogens with two attached hydrogens (primary N) is 1. The molecule has 4 N–H and O–H groups in total. The number of primary amides is 1. The number of rotatable bonds is 9. The van der Waals surface area contributed by atoms with Gasteiger partial charge in [-0.15, -0.1) is 0 Å². The van der Waals surface area contributed by atoms with E-state index in [9.17, 15) is 9.59 Å². The molecule has 4 rings (SSSR count). The van der Waals surface area contributed by atoms with Crippen LogP contribution in [0.4, 0.5) is 0 Å². The second kappa shape index (κ2) is 16.6. The van der Waals surface area contributed by atoms with Crippen molar-refractivity contribution < 1.29 is 9.59 Å². The van der Waals surface area contributed by atoms with E-state index in [4.69, 9.17) is 5.73 Å². The normalized spacial score (nSPS) is 24.4. The fourth-order valence-electron chi connectivity index (χ4n) is 6.20. The lowest BCUT2D eigenvalue weighted by Gasteiger charge is -2.42. The zero-order valence-corrected chi connectivity index (χ0v) is 23.6. The highest BCUT2D eigenvalue weighted by Crippen LogP contribution is 2.19. The van der Waals surface area contributed by atoms with Gasteiger partial charge in [0.05, 0.1) is 13.1 Å². The number of carbonyl (C=O) groups excluding carboxylic acids is 2. The van der Waals surface area contributed by atoms with Gasteiger partial charge < -0.3 is 26.2 Å². The third kappa shape index (κ3) is 11.1. The van der Waals surface area contributed by atoms with Crippen molar-refractivity contribution in [1.29, 1.82) is 0 Å². The molecule has 0 bridgehead atoms. The molecule has 0 spiro atoms. The predicted octanol–water partition coefficient (Wildman–Crippen LogP) is -0.687. The number of piperidine rings is 2. The van der Waals surface area contributed by atoms with Crippen molar-refractivity contribution in [3.63, 3.8) is 0 Å². The van der Waals surface area contributed by atoms with Crippen LogP contribution in [0, 0.1) is 5.92 Å². The molecule has 0 aliphatic carbocycles. The number of hydrogen-bond acceptors (Lipinski definition) is 8. The minimum atomic E-state index is -0.202. The second-order valence-corrected chi connectivity index (χ2v) is 11.3. The van der Waals surface area contributed by atoms with Crippen LogP contribution in [-0.4, -0.2) is 154 Å². The summed E-state index contributed by atoms with van der Waals surface area (Å²) in [5.74, 6) is 0.756. The number of piperazine rings is 2. The number of nitrogens with zero attached hydrogens (tertiary/aromatic N) is 5. The minimum Gasteiger partial charge on any atom is -0.369 e. The molecular formula is C27H54N8O2. The average Bonchev–Trinajstić information content (AvgIpc) is 2.91. The molecule has 4 heterocycles. The summed E-state index contributed by atoms with van der Waals surface area (Å²) in [6, 6.07) is 0.716. The standard InChI is InChI=1S/C14H28N4O.C13H26N4O/c1-2-5-16-8-10-18(11-9-16)13-3-6-17(7-4-13)12-14(15)19;1-14-13(18)11-16-6-2-12(3-7-16)10-17-8-4-15-5-9-17/h13H,2-12H2,1H3,(H2,15,19);12,15H,2-11H2,1H3,(H,14,18). The highest BCUT2D eigenvalue weighted by Gasteiger charge is 2.27. The van der Waals surface area contributed by atoms with Crippen molar-refractivity contribution in [2.24, 2.45) is 11.7 Å². The fourth-order valence-corrected chi connectivity index (χ4v) is 6.20. The number of amides is 2. The number of hydrogen-bond donors (Lipinski definition) is 3. The molecule has 0 aromatic carbocycles. The van der Waals surface area contributed by atoms with Gasteiger partial charge in [0.15, 0.2) is 0 Å². The third-order valence-corrected chi connectivity index (χ3v) is 8.48. The van der Waals surface area contributed by atoms with Crippen molar-refractivity contribution in [3.8, 4) is 0 Å². The molecule has 0 radical (unpaired) electrons. The van der Waals surface area contributed by atoms with E-state index in [1.807, 2.05) is 0 Å². The van der Waals surface area contributed by atoms with Gasteiger partial charge in [-0.3, -0.25) is 24.3 Å². The number of likely N-dealkylation sites (tertiary alicyclic amines) is 2. The van der Waals surface area contributed by atoms with E-state index in [0.29, 0.717) is 19.1 Å². The van der Waals surface area contributed by atoms with Gasteiger partial charge in [0.25, 0.3) is 0 Å². The Bertz CT molecular complexity index is 651. The molecule has 4 fully saturated rings. The Labute approximate surface area is 225 Å². The van der Waals surface area contributed by atoms with Crippen molar-refractivity contribution in [1.82, 2.24) is 35.1 Å². The fraction of sp³-hybridized carbons (Fsp3) is 0.926. The summed E-state index contributed by atoms with van der Waals surface area (Å²) >= 11 is 0. The summed E-state index contributed by atoms with van der Waals surface area (Å²) in [6.07, 6.45) is 6.09. The first-order valence-corrected chi connectivity index (χ1v) is 14.8. The summed E-state index contributed by atoms with van der Waals surface area (Å²) in [5.41, 5.74) is 5.25. The highest BCUT2D eigenvalue weighted by molar-refractivity contribution is 5.77. The zero-order valence-electron chi connectivity index (χ0n) is 23.6. The first-order chi connectivity index (χ1) is 18.0. The largest absolute Gasteiger partial charge is 0.369 e. The summed E-state index contributed by atoms with van der Waals surface area (Å²) in [4.78, 5) is 34.5. The molecule has 4 aliphatic heterocycles. The lowest BCUT2D eigenvalue weighted by atomic mass is 9.96. The van der Waals surface area contributed by atoms with Gasteiger partial charge in [-0.1, -0.05) is 6.92 Å². The van der Waals surface area contributed by atoms with Gasteiger partial charge in [-0.2, -0.15) is 0 Å². The van der Waals surface area contributed by atoms with E-state index >= 15 is 0 Å². The molecule has 0 aromatic heterocycles. The Morgan fingerprint density at radius 1 is 0.784 bits per heavy atom. The predicted molar refractivity (Wildman–Crippen MR) is 150 cm³/mol. The molecule has 10 heteroatoms. The van der Waals surface area contributed by atoms with Gasteiger partial charge in [0, 0.05) is 85.1 Å². The lowest BCUT2D eigenvalue weighted by molar-refractivity contribution is -0.122. The molecule has 4 saturated heterocycles. The van der Waals surface area contributed by atoms with Crippen molar-refractivity contribution in [2.45, 2.75) is 45.1 Å². The molecule has 0 atom stereocenters. The van der Waals surface area contributed by atoms with Gasteiger partial charge in [-0.05, 0) is 57.7 Å². The summed E-state index contributed by atoms with van der Waals surface area (Å²) < 4.78 is 0. The Balaban J connectivity index is 0.000000206. The van der Waals surface area contributed by atoms with E-state index < -0.39 is 0 Å². The van der Waals surface area contributed by atoms with Gasteiger partial charge >= 0.3 is 0 Å². The van der Waals surface area contributed by atoms with E-state index in [1.54, 1.807) is 7.05 Å². The van der Waals surface area contributed by atoms with E-state index in [2.05, 4.69) is 42.1 Å². The monoisotopic (exact) mass is 522 g/mol. The molecule has 214 valence electrons. The van der Waals surface area contributed by atoms with Gasteiger partial charge in [0.1, 0.15) is 0 Å². The summed E-state index contributed by atoms with van der Waals surface area (Å²) in [7, 11) is 1.71. The maximum atomic E-state index is 11.3. The van der Waals surface area contributed by atoms with E-state index in [1.165, 1.54) is 84.5 Å². The average molecular weight is 523 g/mol. The van der Waals surface area contributed by atoms with Gasteiger partial charge in [-0.25, -0.2) is 0 Å². The molecule has 0 aromatic rings. The van der Waals surface area contributed by atoms with Crippen molar-refractivity contribution in [2.75, 3.05) is 112 Å². The molecule has 0 unspecified atom stereocenters. The smallest absolute Gasteiger partial charge is 0.233 e. The Morgan fingerprint density at radius 3 is 1.95 bits per heavy atom. The summed E-state index contributed by atoms with van der Waals surface area (Å²) in [6.45, 7) is 19.4. The minimum absolute atomic E-state index is 0.135. The number of carbonyl (C=O) groups is 2. The molecule has 2 amide bonds. The molecule has 10 nitrogen and oxygen atoms in total. The molecular weight excluding hydrogens is 468 g/mol. The topological polar surface area (TPSA) is 100 Å². The van der Waals surface area contributed by atoms with Crippen LogP contribution >= 0.6 is 0 Å². The van der Waals surface area contributed by atoms with Crippen LogP contribution in [0.15, 0.2) is 0 Å². The first kappa shape index (κ1) is 30.2. The van der Waals surface area contributed by atoms with Crippen LogP contribution in [0.2, 0.25) is 0 Å².